The Morgan fingerprint density at radius 3 is 2.00 bits per heavy atom. The highest BCUT2D eigenvalue weighted by atomic mass is 16.6. The van der Waals surface area contributed by atoms with Crippen LogP contribution in [0, 0.1) is 0 Å². The van der Waals surface area contributed by atoms with Crippen LogP contribution < -0.4 is 11.1 Å². The second-order valence-corrected chi connectivity index (χ2v) is 6.56. The van der Waals surface area contributed by atoms with Gasteiger partial charge in [0.05, 0.1) is 0 Å². The molecule has 7 nitrogen and oxygen atoms in total. The molecular formula is C14H27N3O4. The molecule has 0 aromatic carbocycles. The van der Waals surface area contributed by atoms with E-state index in [-0.39, 0.29) is 5.84 Å². The molecule has 122 valence electrons. The number of rotatable bonds is 3. The van der Waals surface area contributed by atoms with Gasteiger partial charge in [0.15, 0.2) is 0 Å². The van der Waals surface area contributed by atoms with Crippen LogP contribution in [0.4, 0.5) is 9.59 Å². The van der Waals surface area contributed by atoms with Crippen molar-refractivity contribution in [3.63, 3.8) is 0 Å². The minimum Gasteiger partial charge on any atom is -0.444 e. The molecule has 0 saturated carbocycles. The largest absolute Gasteiger partial charge is 0.444 e. The number of amidine groups is 1. The smallest absolute Gasteiger partial charge is 0.435 e. The minimum atomic E-state index is -0.759. The standard InChI is InChI=1S/C14H27N3O4/c1-13(2,3)20-11(18)16-10(8-7-9-15)17-12(19)21-14(4,5)6/h7-9,15H2,1-6H3,(H,16,17,18,19). The first kappa shape index (κ1) is 19.4. The maximum Gasteiger partial charge on any atom is 0.435 e. The molecule has 2 amide bonds. The number of hydrogen-bond donors (Lipinski definition) is 2. The third-order valence-electron chi connectivity index (χ3n) is 1.88. The van der Waals surface area contributed by atoms with Crippen molar-refractivity contribution in [1.82, 2.24) is 5.32 Å². The van der Waals surface area contributed by atoms with Gasteiger partial charge in [-0.05, 0) is 54.5 Å². The fourth-order valence-corrected chi connectivity index (χ4v) is 1.23. The van der Waals surface area contributed by atoms with Gasteiger partial charge < -0.3 is 15.2 Å². The van der Waals surface area contributed by atoms with Gasteiger partial charge in [-0.2, -0.15) is 4.99 Å². The molecular weight excluding hydrogens is 274 g/mol. The molecule has 0 radical (unpaired) electrons. The van der Waals surface area contributed by atoms with E-state index in [2.05, 4.69) is 10.3 Å². The third kappa shape index (κ3) is 11.9. The topological polar surface area (TPSA) is 103 Å². The number of ether oxygens (including phenoxy) is 2. The average molecular weight is 301 g/mol. The quantitative estimate of drug-likeness (QED) is 0.616. The molecule has 0 spiro atoms. The van der Waals surface area contributed by atoms with Crippen LogP contribution in [0.5, 0.6) is 0 Å². The van der Waals surface area contributed by atoms with E-state index in [0.717, 1.165) is 0 Å². The number of nitrogens with zero attached hydrogens (tertiary/aromatic N) is 1. The lowest BCUT2D eigenvalue weighted by Crippen LogP contribution is -2.37. The van der Waals surface area contributed by atoms with E-state index in [9.17, 15) is 9.59 Å². The maximum absolute atomic E-state index is 11.7. The Kier molecular flexibility index (Phi) is 7.35. The second kappa shape index (κ2) is 7.97. The van der Waals surface area contributed by atoms with E-state index in [1.807, 2.05) is 0 Å². The Hall–Kier alpha value is -1.63. The summed E-state index contributed by atoms with van der Waals surface area (Å²) >= 11 is 0. The first-order chi connectivity index (χ1) is 9.43. The molecule has 0 aromatic rings. The summed E-state index contributed by atoms with van der Waals surface area (Å²) in [4.78, 5) is 27.1. The molecule has 0 unspecified atom stereocenters. The Morgan fingerprint density at radius 1 is 1.05 bits per heavy atom. The van der Waals surface area contributed by atoms with Crippen LogP contribution in [0.1, 0.15) is 54.4 Å². The Balaban J connectivity index is 4.79. The first-order valence-corrected chi connectivity index (χ1v) is 6.93. The van der Waals surface area contributed by atoms with Crippen molar-refractivity contribution in [2.45, 2.75) is 65.6 Å². The van der Waals surface area contributed by atoms with E-state index in [1.165, 1.54) is 0 Å². The summed E-state index contributed by atoms with van der Waals surface area (Å²) < 4.78 is 10.2. The molecule has 0 aliphatic rings. The molecule has 0 aliphatic heterocycles. The molecule has 0 rings (SSSR count). The van der Waals surface area contributed by atoms with Crippen LogP contribution in [-0.2, 0) is 9.47 Å². The van der Waals surface area contributed by atoms with Crippen molar-refractivity contribution in [3.05, 3.63) is 0 Å². The van der Waals surface area contributed by atoms with Crippen LogP contribution in [0.2, 0.25) is 0 Å². The van der Waals surface area contributed by atoms with E-state index in [0.29, 0.717) is 19.4 Å². The Labute approximate surface area is 126 Å². The van der Waals surface area contributed by atoms with Crippen molar-refractivity contribution in [2.24, 2.45) is 10.7 Å². The minimum absolute atomic E-state index is 0.184. The summed E-state index contributed by atoms with van der Waals surface area (Å²) in [6.07, 6.45) is -0.487. The predicted molar refractivity (Wildman–Crippen MR) is 81.3 cm³/mol. The molecule has 0 saturated heterocycles. The monoisotopic (exact) mass is 301 g/mol. The van der Waals surface area contributed by atoms with Gasteiger partial charge in [-0.15, -0.1) is 0 Å². The number of nitrogens with one attached hydrogen (secondary N) is 1. The lowest BCUT2D eigenvalue weighted by atomic mass is 10.2. The number of carbonyl (C=O) groups excluding carboxylic acids is 2. The number of hydrogen-bond acceptors (Lipinski definition) is 5. The van der Waals surface area contributed by atoms with Crippen LogP contribution in [0.3, 0.4) is 0 Å². The molecule has 0 aromatic heterocycles. The molecule has 7 heteroatoms. The normalized spacial score (nSPS) is 12.8. The molecule has 21 heavy (non-hydrogen) atoms. The molecule has 0 heterocycles. The van der Waals surface area contributed by atoms with Crippen LogP contribution in [0.25, 0.3) is 0 Å². The maximum atomic E-state index is 11.7. The third-order valence-corrected chi connectivity index (χ3v) is 1.88. The van der Waals surface area contributed by atoms with Crippen molar-refractivity contribution >= 4 is 18.0 Å². The molecule has 0 fully saturated rings. The van der Waals surface area contributed by atoms with Gasteiger partial charge in [0.25, 0.3) is 0 Å². The number of carbonyl (C=O) groups is 2. The number of aliphatic imine (C=N–C) groups is 1. The van der Waals surface area contributed by atoms with Gasteiger partial charge in [-0.3, -0.25) is 5.32 Å². The second-order valence-electron chi connectivity index (χ2n) is 6.56. The van der Waals surface area contributed by atoms with Crippen molar-refractivity contribution in [2.75, 3.05) is 6.54 Å². The highest BCUT2D eigenvalue weighted by Crippen LogP contribution is 2.09. The van der Waals surface area contributed by atoms with Crippen LogP contribution >= 0.6 is 0 Å². The summed E-state index contributed by atoms with van der Waals surface area (Å²) in [5.74, 6) is 0.184. The Bertz CT molecular complexity index is 392. The molecule has 3 N–H and O–H groups in total. The zero-order chi connectivity index (χ0) is 16.7. The average Bonchev–Trinajstić information content (AvgIpc) is 2.20. The van der Waals surface area contributed by atoms with E-state index in [1.54, 1.807) is 41.5 Å². The lowest BCUT2D eigenvalue weighted by molar-refractivity contribution is 0.0561. The van der Waals surface area contributed by atoms with Gasteiger partial charge in [-0.25, -0.2) is 9.59 Å². The predicted octanol–water partition coefficient (Wildman–Crippen LogP) is 2.58. The summed E-state index contributed by atoms with van der Waals surface area (Å²) in [6, 6.07) is 0. The van der Waals surface area contributed by atoms with E-state index >= 15 is 0 Å². The van der Waals surface area contributed by atoms with Crippen molar-refractivity contribution in [3.8, 4) is 0 Å². The fourth-order valence-electron chi connectivity index (χ4n) is 1.23. The van der Waals surface area contributed by atoms with Gasteiger partial charge in [-0.1, -0.05) is 0 Å². The summed E-state index contributed by atoms with van der Waals surface area (Å²) in [5.41, 5.74) is 4.15. The van der Waals surface area contributed by atoms with Gasteiger partial charge in [0, 0.05) is 6.42 Å². The lowest BCUT2D eigenvalue weighted by Gasteiger charge is -2.20. The number of nitrogens with two attached hydrogens (primary N) is 1. The van der Waals surface area contributed by atoms with Crippen molar-refractivity contribution < 1.29 is 19.1 Å². The zero-order valence-electron chi connectivity index (χ0n) is 13.8. The fraction of sp³-hybridized carbons (Fsp3) is 0.786. The molecule has 0 aliphatic carbocycles. The van der Waals surface area contributed by atoms with Gasteiger partial charge >= 0.3 is 12.2 Å². The summed E-state index contributed by atoms with van der Waals surface area (Å²) in [5, 5.41) is 2.46. The van der Waals surface area contributed by atoms with E-state index in [4.69, 9.17) is 15.2 Å². The van der Waals surface area contributed by atoms with Gasteiger partial charge in [0.2, 0.25) is 0 Å². The van der Waals surface area contributed by atoms with Crippen LogP contribution in [-0.4, -0.2) is 35.8 Å². The van der Waals surface area contributed by atoms with E-state index < -0.39 is 23.4 Å². The first-order valence-electron chi connectivity index (χ1n) is 6.93. The van der Waals surface area contributed by atoms with Crippen molar-refractivity contribution in [1.29, 1.82) is 0 Å². The molecule has 0 bridgehead atoms. The molecule has 0 atom stereocenters. The van der Waals surface area contributed by atoms with Crippen LogP contribution in [0.15, 0.2) is 4.99 Å². The Morgan fingerprint density at radius 2 is 1.57 bits per heavy atom. The summed E-state index contributed by atoms with van der Waals surface area (Å²) in [6.45, 7) is 10.9. The number of amides is 2. The number of alkyl carbamates (subject to hydrolysis) is 1. The summed E-state index contributed by atoms with van der Waals surface area (Å²) in [7, 11) is 0. The highest BCUT2D eigenvalue weighted by Gasteiger charge is 2.19. The highest BCUT2D eigenvalue weighted by molar-refractivity contribution is 6.00. The zero-order valence-corrected chi connectivity index (χ0v) is 13.8. The van der Waals surface area contributed by atoms with Gasteiger partial charge in [0.1, 0.15) is 17.0 Å². The SMILES string of the molecule is CC(C)(C)OC(=O)/N=C(\CCCN)NC(=O)OC(C)(C)C.